The molecule has 9 rings (SSSR count). The molecular formula is C50H35N. The first-order valence-corrected chi connectivity index (χ1v) is 17.5. The zero-order chi connectivity index (χ0) is 34.9. The van der Waals surface area contributed by atoms with Crippen LogP contribution in [0.5, 0.6) is 0 Å². The third kappa shape index (κ3) is 4.84. The molecule has 3 aliphatic rings. The van der Waals surface area contributed by atoms with Gasteiger partial charge in [-0.3, -0.25) is 0 Å². The van der Waals surface area contributed by atoms with E-state index in [1.165, 1.54) is 39.3 Å². The van der Waals surface area contributed by atoms with Crippen LogP contribution in [0.15, 0.2) is 134 Å². The molecule has 1 nitrogen and oxygen atoms in total. The van der Waals surface area contributed by atoms with Gasteiger partial charge in [-0.15, -0.1) is 0 Å². The summed E-state index contributed by atoms with van der Waals surface area (Å²) in [5.41, 5.74) is 17.3. The van der Waals surface area contributed by atoms with Crippen LogP contribution in [-0.4, -0.2) is 0 Å². The van der Waals surface area contributed by atoms with Gasteiger partial charge in [0, 0.05) is 55.3 Å². The van der Waals surface area contributed by atoms with E-state index >= 15 is 0 Å². The molecule has 0 spiro atoms. The summed E-state index contributed by atoms with van der Waals surface area (Å²) in [5.74, 6) is 20.8. The van der Waals surface area contributed by atoms with Gasteiger partial charge in [-0.25, -0.2) is 0 Å². The third-order valence-corrected chi connectivity index (χ3v) is 10.7. The second kappa shape index (κ2) is 11.3. The molecule has 1 heteroatoms. The van der Waals surface area contributed by atoms with Crippen molar-refractivity contribution in [2.75, 3.05) is 4.90 Å². The summed E-state index contributed by atoms with van der Waals surface area (Å²) in [7, 11) is 0. The summed E-state index contributed by atoms with van der Waals surface area (Å²) in [6.45, 7) is 14.2. The largest absolute Gasteiger partial charge is 0.308 e. The maximum atomic E-state index is 4.79. The van der Waals surface area contributed by atoms with Crippen molar-refractivity contribution in [2.24, 2.45) is 0 Å². The van der Waals surface area contributed by atoms with Crippen molar-refractivity contribution in [3.63, 3.8) is 0 Å². The summed E-state index contributed by atoms with van der Waals surface area (Å²) >= 11 is 0. The zero-order valence-corrected chi connectivity index (χ0v) is 29.3. The second-order valence-corrected chi connectivity index (χ2v) is 14.7. The first-order valence-electron chi connectivity index (χ1n) is 17.5. The number of rotatable bonds is 0. The van der Waals surface area contributed by atoms with Gasteiger partial charge in [0.1, 0.15) is 0 Å². The Morgan fingerprint density at radius 3 is 1.04 bits per heavy atom. The molecule has 0 atom stereocenters. The molecule has 0 saturated heterocycles. The summed E-state index contributed by atoms with van der Waals surface area (Å²) in [5, 5.41) is 0. The van der Waals surface area contributed by atoms with Gasteiger partial charge in [0.25, 0.3) is 0 Å². The molecule has 6 aromatic carbocycles. The molecule has 0 fully saturated rings. The Balaban J connectivity index is 1.33. The van der Waals surface area contributed by atoms with Crippen LogP contribution in [-0.2, 0) is 10.8 Å². The first-order chi connectivity index (χ1) is 24.7. The Kier molecular flexibility index (Phi) is 6.77. The van der Waals surface area contributed by atoms with Gasteiger partial charge in [-0.05, 0) is 101 Å². The van der Waals surface area contributed by atoms with Crippen LogP contribution in [0.4, 0.5) is 17.1 Å². The number of hydrogen-bond acceptors (Lipinski definition) is 1. The average molecular weight is 650 g/mol. The summed E-state index contributed by atoms with van der Waals surface area (Å²) in [4.78, 5) is 2.53. The van der Waals surface area contributed by atoms with E-state index in [9.17, 15) is 0 Å². The SMILES string of the molecule is C=C1c2cc(C#Cc3ccccc3)cc3c2N2c4c1cc(C#Cc1ccccc1)cc4C(C)(C)c1cc(C#Cc4ccccc4)cc(c12)C3(C)C. The van der Waals surface area contributed by atoms with Gasteiger partial charge < -0.3 is 4.90 Å². The number of benzene rings is 6. The van der Waals surface area contributed by atoms with Crippen LogP contribution in [0.3, 0.4) is 0 Å². The van der Waals surface area contributed by atoms with E-state index in [2.05, 4.69) is 141 Å². The summed E-state index contributed by atoms with van der Waals surface area (Å²) in [6, 6.07) is 44.4. The van der Waals surface area contributed by atoms with E-state index < -0.39 is 0 Å². The van der Waals surface area contributed by atoms with E-state index in [-0.39, 0.29) is 10.8 Å². The maximum Gasteiger partial charge on any atom is 0.0582 e. The average Bonchev–Trinajstić information content (AvgIpc) is 3.15. The minimum Gasteiger partial charge on any atom is -0.308 e. The standard InChI is InChI=1S/C50H35N/c1-33-40-27-37(24-21-34-15-9-6-10-16-34)29-42-46(40)51-47-41(33)28-38(25-22-35-17-11-7-12-18-35)30-43(47)50(4,5)45-32-39(26-23-36-19-13-8-14-20-36)31-44(48(45)51)49(42,2)3/h6-20,27-32H,1H2,2-5H3. The highest BCUT2D eigenvalue weighted by atomic mass is 15.2. The predicted octanol–water partition coefficient (Wildman–Crippen LogP) is 11.0. The van der Waals surface area contributed by atoms with E-state index in [0.717, 1.165) is 50.1 Å². The van der Waals surface area contributed by atoms with Gasteiger partial charge in [0.2, 0.25) is 0 Å². The minimum atomic E-state index is -0.327. The first kappa shape index (κ1) is 30.6. The number of anilines is 3. The quantitative estimate of drug-likeness (QED) is 0.148. The van der Waals surface area contributed by atoms with Gasteiger partial charge >= 0.3 is 0 Å². The van der Waals surface area contributed by atoms with Crippen molar-refractivity contribution in [2.45, 2.75) is 38.5 Å². The van der Waals surface area contributed by atoms with Crippen LogP contribution in [0.2, 0.25) is 0 Å². The van der Waals surface area contributed by atoms with Crippen LogP contribution < -0.4 is 4.90 Å². The lowest BCUT2D eigenvalue weighted by Gasteiger charge is -2.52. The summed E-state index contributed by atoms with van der Waals surface area (Å²) in [6.07, 6.45) is 0. The molecule has 0 saturated carbocycles. The molecule has 51 heavy (non-hydrogen) atoms. The molecule has 0 N–H and O–H groups in total. The van der Waals surface area contributed by atoms with Crippen molar-refractivity contribution in [1.29, 1.82) is 0 Å². The van der Waals surface area contributed by atoms with Gasteiger partial charge in [-0.1, -0.05) is 124 Å². The number of nitrogens with zero attached hydrogens (tertiary/aromatic N) is 1. The Hall–Kier alpha value is -6.46. The van der Waals surface area contributed by atoms with Crippen molar-refractivity contribution >= 4 is 22.6 Å². The van der Waals surface area contributed by atoms with Crippen LogP contribution in [0.1, 0.15) is 94.5 Å². The van der Waals surface area contributed by atoms with Crippen molar-refractivity contribution in [3.8, 4) is 35.5 Å². The monoisotopic (exact) mass is 649 g/mol. The molecule has 240 valence electrons. The molecule has 3 aliphatic heterocycles. The van der Waals surface area contributed by atoms with Crippen LogP contribution in [0.25, 0.3) is 5.57 Å². The summed E-state index contributed by atoms with van der Waals surface area (Å²) < 4.78 is 0. The van der Waals surface area contributed by atoms with E-state index in [1.807, 2.05) is 54.6 Å². The molecule has 0 unspecified atom stereocenters. The maximum absolute atomic E-state index is 4.79. The molecule has 0 bridgehead atoms. The smallest absolute Gasteiger partial charge is 0.0582 e. The lowest BCUT2D eigenvalue weighted by molar-refractivity contribution is 0.595. The molecule has 6 aromatic rings. The van der Waals surface area contributed by atoms with E-state index in [4.69, 9.17) is 6.58 Å². The molecule has 3 heterocycles. The Labute approximate surface area is 301 Å². The van der Waals surface area contributed by atoms with Crippen molar-refractivity contribution < 1.29 is 0 Å². The molecule has 0 aromatic heterocycles. The second-order valence-electron chi connectivity index (χ2n) is 14.7. The highest BCUT2D eigenvalue weighted by Gasteiger charge is 2.49. The predicted molar refractivity (Wildman–Crippen MR) is 211 cm³/mol. The van der Waals surface area contributed by atoms with Crippen LogP contribution in [0, 0.1) is 35.5 Å². The third-order valence-electron chi connectivity index (χ3n) is 10.7. The fourth-order valence-corrected chi connectivity index (χ4v) is 7.98. The molecule has 0 radical (unpaired) electrons. The van der Waals surface area contributed by atoms with Crippen molar-refractivity contribution in [3.05, 3.63) is 201 Å². The highest BCUT2D eigenvalue weighted by Crippen LogP contribution is 2.65. The Morgan fingerprint density at radius 2 is 0.686 bits per heavy atom. The van der Waals surface area contributed by atoms with Gasteiger partial charge in [-0.2, -0.15) is 0 Å². The van der Waals surface area contributed by atoms with Crippen LogP contribution >= 0.6 is 0 Å². The van der Waals surface area contributed by atoms with Gasteiger partial charge in [0.05, 0.1) is 17.1 Å². The van der Waals surface area contributed by atoms with E-state index in [1.54, 1.807) is 0 Å². The molecule has 0 amide bonds. The normalized spacial score (nSPS) is 14.5. The molecular weight excluding hydrogens is 615 g/mol. The fraction of sp³-hybridized carbons (Fsp3) is 0.120. The zero-order valence-electron chi connectivity index (χ0n) is 29.3. The Morgan fingerprint density at radius 1 is 0.392 bits per heavy atom. The van der Waals surface area contributed by atoms with E-state index in [0.29, 0.717) is 0 Å². The minimum absolute atomic E-state index is 0.327. The van der Waals surface area contributed by atoms with Gasteiger partial charge in [0.15, 0.2) is 0 Å². The molecule has 0 aliphatic carbocycles. The van der Waals surface area contributed by atoms with Crippen molar-refractivity contribution in [1.82, 2.24) is 0 Å². The number of hydrogen-bond donors (Lipinski definition) is 0. The lowest BCUT2D eigenvalue weighted by atomic mass is 9.63. The topological polar surface area (TPSA) is 3.24 Å². The Bertz CT molecular complexity index is 2490. The lowest BCUT2D eigenvalue weighted by Crippen LogP contribution is -2.40. The fourth-order valence-electron chi connectivity index (χ4n) is 7.98. The highest BCUT2D eigenvalue weighted by molar-refractivity contribution is 6.07.